The van der Waals surface area contributed by atoms with Crippen LogP contribution in [0.3, 0.4) is 0 Å². The van der Waals surface area contributed by atoms with Gasteiger partial charge in [-0.2, -0.15) is 0 Å². The van der Waals surface area contributed by atoms with Crippen LogP contribution in [0.1, 0.15) is 96.2 Å². The second kappa shape index (κ2) is 12.1. The number of hydrogen-bond acceptors (Lipinski definition) is 5. The molecule has 5 nitrogen and oxygen atoms in total. The summed E-state index contributed by atoms with van der Waals surface area (Å²) in [6.45, 7) is 4.73. The monoisotopic (exact) mass is 614 g/mol. The van der Waals surface area contributed by atoms with E-state index in [-0.39, 0.29) is 22.5 Å². The van der Waals surface area contributed by atoms with Crippen molar-refractivity contribution < 1.29 is 24.2 Å². The SMILES string of the molecule is CC1CCC2(CC1)c1ccc(OC(=O)c3ccccc3)cc1C[C@@]1(c3ccc(OC(=O)c4ccccc4)cc3O)CC[C@@H](C)C[C@@H]21. The van der Waals surface area contributed by atoms with E-state index in [9.17, 15) is 14.7 Å². The normalized spacial score (nSPS) is 26.9. The van der Waals surface area contributed by atoms with Crippen LogP contribution in [0.15, 0.2) is 97.1 Å². The number of carbonyl (C=O) groups is 2. The van der Waals surface area contributed by atoms with Crippen molar-refractivity contribution in [1.82, 2.24) is 0 Å². The van der Waals surface area contributed by atoms with Crippen LogP contribution in [0.2, 0.25) is 0 Å². The molecule has 5 heteroatoms. The smallest absolute Gasteiger partial charge is 0.343 e. The summed E-state index contributed by atoms with van der Waals surface area (Å²) in [6, 6.07) is 29.7. The van der Waals surface area contributed by atoms with Crippen LogP contribution in [0.5, 0.6) is 17.2 Å². The maximum absolute atomic E-state index is 13.0. The first-order valence-corrected chi connectivity index (χ1v) is 16.8. The topological polar surface area (TPSA) is 72.8 Å². The van der Waals surface area contributed by atoms with E-state index in [1.54, 1.807) is 42.5 Å². The quantitative estimate of drug-likeness (QED) is 0.179. The van der Waals surface area contributed by atoms with Gasteiger partial charge in [0.05, 0.1) is 11.1 Å². The third kappa shape index (κ3) is 5.40. The summed E-state index contributed by atoms with van der Waals surface area (Å²) in [5, 5.41) is 11.7. The molecule has 1 spiro atoms. The lowest BCUT2D eigenvalue weighted by Gasteiger charge is -2.61. The third-order valence-electron chi connectivity index (χ3n) is 11.3. The van der Waals surface area contributed by atoms with Crippen LogP contribution >= 0.6 is 0 Å². The lowest BCUT2D eigenvalue weighted by Crippen LogP contribution is -2.57. The number of rotatable bonds is 5. The molecule has 0 unspecified atom stereocenters. The van der Waals surface area contributed by atoms with E-state index in [1.807, 2.05) is 42.5 Å². The van der Waals surface area contributed by atoms with Gasteiger partial charge in [0.25, 0.3) is 0 Å². The van der Waals surface area contributed by atoms with E-state index in [2.05, 4.69) is 26.0 Å². The van der Waals surface area contributed by atoms with Crippen molar-refractivity contribution in [2.75, 3.05) is 0 Å². The van der Waals surface area contributed by atoms with Crippen LogP contribution in [-0.2, 0) is 17.3 Å². The van der Waals surface area contributed by atoms with Gasteiger partial charge in [-0.1, -0.05) is 62.4 Å². The Morgan fingerprint density at radius 2 is 1.17 bits per heavy atom. The van der Waals surface area contributed by atoms with E-state index in [4.69, 9.17) is 9.47 Å². The van der Waals surface area contributed by atoms with Gasteiger partial charge in [0.1, 0.15) is 17.2 Å². The van der Waals surface area contributed by atoms with Crippen molar-refractivity contribution in [3.8, 4) is 17.2 Å². The van der Waals surface area contributed by atoms with E-state index in [1.165, 1.54) is 24.0 Å². The molecular weight excluding hydrogens is 572 g/mol. The van der Waals surface area contributed by atoms with Crippen molar-refractivity contribution in [2.24, 2.45) is 17.8 Å². The first-order chi connectivity index (χ1) is 22.3. The lowest BCUT2D eigenvalue weighted by molar-refractivity contribution is 0.0203. The van der Waals surface area contributed by atoms with Crippen molar-refractivity contribution in [3.05, 3.63) is 125 Å². The number of fused-ring (bicyclic) bond motifs is 4. The van der Waals surface area contributed by atoms with Gasteiger partial charge in [-0.3, -0.25) is 0 Å². The molecule has 0 bridgehead atoms. The molecule has 0 aliphatic heterocycles. The second-order valence-corrected chi connectivity index (χ2v) is 14.1. The predicted molar refractivity (Wildman–Crippen MR) is 179 cm³/mol. The zero-order chi connectivity index (χ0) is 31.9. The Hall–Kier alpha value is -4.38. The molecule has 1 N–H and O–H groups in total. The Morgan fingerprint density at radius 3 is 1.76 bits per heavy atom. The van der Waals surface area contributed by atoms with Crippen LogP contribution in [0.25, 0.3) is 0 Å². The van der Waals surface area contributed by atoms with E-state index in [0.717, 1.165) is 44.1 Å². The fourth-order valence-electron chi connectivity index (χ4n) is 8.97. The molecule has 3 atom stereocenters. The maximum atomic E-state index is 13.0. The van der Waals surface area contributed by atoms with Crippen LogP contribution in [-0.4, -0.2) is 17.0 Å². The second-order valence-electron chi connectivity index (χ2n) is 14.1. The molecule has 4 aromatic rings. The lowest BCUT2D eigenvalue weighted by atomic mass is 9.43. The minimum atomic E-state index is -0.449. The highest BCUT2D eigenvalue weighted by molar-refractivity contribution is 5.91. The Bertz CT molecular complexity index is 1740. The summed E-state index contributed by atoms with van der Waals surface area (Å²) < 4.78 is 11.6. The Kier molecular flexibility index (Phi) is 7.96. The number of phenols is 1. The molecule has 4 aromatic carbocycles. The minimum absolute atomic E-state index is 0.0262. The fraction of sp³-hybridized carbons (Fsp3) is 0.366. The first kappa shape index (κ1) is 30.3. The summed E-state index contributed by atoms with van der Waals surface area (Å²) >= 11 is 0. The van der Waals surface area contributed by atoms with E-state index >= 15 is 0 Å². The number of esters is 2. The summed E-state index contributed by atoms with van der Waals surface area (Å²) in [5.74, 6) is 1.87. The highest BCUT2D eigenvalue weighted by Crippen LogP contribution is 2.64. The van der Waals surface area contributed by atoms with E-state index < -0.39 is 5.97 Å². The highest BCUT2D eigenvalue weighted by Gasteiger charge is 2.59. The number of phenolic OH excluding ortho intramolecular Hbond substituents is 1. The predicted octanol–water partition coefficient (Wildman–Crippen LogP) is 9.21. The molecule has 0 heterocycles. The molecule has 2 fully saturated rings. The molecule has 46 heavy (non-hydrogen) atoms. The molecule has 0 amide bonds. The van der Waals surface area contributed by atoms with Gasteiger partial charge in [0.2, 0.25) is 0 Å². The van der Waals surface area contributed by atoms with Gasteiger partial charge in [-0.05, 0) is 128 Å². The molecule has 2 saturated carbocycles. The van der Waals surface area contributed by atoms with Crippen LogP contribution in [0.4, 0.5) is 0 Å². The molecule has 7 rings (SSSR count). The summed E-state index contributed by atoms with van der Waals surface area (Å²) in [4.78, 5) is 25.8. The molecule has 0 aromatic heterocycles. The van der Waals surface area contributed by atoms with E-state index in [0.29, 0.717) is 40.4 Å². The molecule has 3 aliphatic rings. The average molecular weight is 615 g/mol. The van der Waals surface area contributed by atoms with Crippen molar-refractivity contribution in [2.45, 2.75) is 76.0 Å². The molecule has 236 valence electrons. The molecule has 0 saturated heterocycles. The van der Waals surface area contributed by atoms with Gasteiger partial charge < -0.3 is 14.6 Å². The number of carbonyl (C=O) groups excluding carboxylic acids is 2. The standard InChI is InChI=1S/C41H42O5/c1-27-17-20-40(21-18-27)34-15-13-32(45-38(43)29-9-5-3-6-10-29)24-31(34)26-41(22-19-28(2)23-37(40)41)35-16-14-33(25-36(35)42)46-39(44)30-11-7-4-8-12-30/h3-16,24-25,27-28,37,42H,17-23,26H2,1-2H3/t27?,28-,37+,40?,41-/m1/s1. The highest BCUT2D eigenvalue weighted by atomic mass is 16.5. The van der Waals surface area contributed by atoms with Crippen LogP contribution in [0, 0.1) is 17.8 Å². The van der Waals surface area contributed by atoms with Crippen LogP contribution < -0.4 is 9.47 Å². The van der Waals surface area contributed by atoms with Crippen molar-refractivity contribution >= 4 is 11.9 Å². The number of aromatic hydroxyl groups is 1. The number of benzene rings is 4. The maximum Gasteiger partial charge on any atom is 0.343 e. The van der Waals surface area contributed by atoms with Gasteiger partial charge in [-0.15, -0.1) is 0 Å². The average Bonchev–Trinajstić information content (AvgIpc) is 3.07. The van der Waals surface area contributed by atoms with Gasteiger partial charge in [-0.25, -0.2) is 9.59 Å². The zero-order valence-electron chi connectivity index (χ0n) is 26.7. The Labute approximate surface area is 271 Å². The first-order valence-electron chi connectivity index (χ1n) is 16.8. The van der Waals surface area contributed by atoms with Crippen molar-refractivity contribution in [1.29, 1.82) is 0 Å². The van der Waals surface area contributed by atoms with Gasteiger partial charge in [0.15, 0.2) is 0 Å². The number of ether oxygens (including phenoxy) is 2. The molecule has 0 radical (unpaired) electrons. The third-order valence-corrected chi connectivity index (χ3v) is 11.3. The fourth-order valence-corrected chi connectivity index (χ4v) is 8.97. The summed E-state index contributed by atoms with van der Waals surface area (Å²) in [7, 11) is 0. The number of hydrogen-bond donors (Lipinski definition) is 1. The molecular formula is C41H42O5. The largest absolute Gasteiger partial charge is 0.508 e. The van der Waals surface area contributed by atoms with Gasteiger partial charge >= 0.3 is 11.9 Å². The molecule has 3 aliphatic carbocycles. The Morgan fingerprint density at radius 1 is 0.652 bits per heavy atom. The minimum Gasteiger partial charge on any atom is -0.508 e. The zero-order valence-corrected chi connectivity index (χ0v) is 26.7. The van der Waals surface area contributed by atoms with Crippen molar-refractivity contribution in [3.63, 3.8) is 0 Å². The summed E-state index contributed by atoms with van der Waals surface area (Å²) in [6.07, 6.45) is 8.45. The Balaban J connectivity index is 1.29. The van der Waals surface area contributed by atoms with Gasteiger partial charge in [0, 0.05) is 17.0 Å². The summed E-state index contributed by atoms with van der Waals surface area (Å²) in [5.41, 5.74) is 4.19.